The number of allylic oxidation sites excluding steroid dienone is 4. The van der Waals surface area contributed by atoms with Crippen LogP contribution in [0, 0.1) is 6.92 Å². The zero-order valence-corrected chi connectivity index (χ0v) is 10.6. The van der Waals surface area contributed by atoms with Crippen molar-refractivity contribution in [2.24, 2.45) is 5.73 Å². The van der Waals surface area contributed by atoms with Gasteiger partial charge in [-0.05, 0) is 46.7 Å². The Balaban J connectivity index is 2.55. The van der Waals surface area contributed by atoms with Crippen molar-refractivity contribution in [3.8, 4) is 0 Å². The first-order valence-electron chi connectivity index (χ1n) is 5.96. The Morgan fingerprint density at radius 1 is 1.11 bits per heavy atom. The molecule has 18 heavy (non-hydrogen) atoms. The molecule has 2 aromatic rings. The topological polar surface area (TPSA) is 26.0 Å². The number of hydrogen-bond acceptors (Lipinski definition) is 1. The van der Waals surface area contributed by atoms with Crippen LogP contribution in [-0.4, -0.2) is 0 Å². The van der Waals surface area contributed by atoms with E-state index >= 15 is 0 Å². The second-order valence-electron chi connectivity index (χ2n) is 4.25. The van der Waals surface area contributed by atoms with Crippen LogP contribution in [0.2, 0.25) is 0 Å². The molecule has 0 bridgehead atoms. The van der Waals surface area contributed by atoms with Gasteiger partial charge >= 0.3 is 0 Å². The maximum atomic E-state index is 5.31. The highest BCUT2D eigenvalue weighted by Crippen LogP contribution is 2.28. The zero-order chi connectivity index (χ0) is 13.0. The van der Waals surface area contributed by atoms with Crippen LogP contribution in [-0.2, 0) is 0 Å². The molecule has 0 aliphatic carbocycles. The predicted molar refractivity (Wildman–Crippen MR) is 80.2 cm³/mol. The fourth-order valence-corrected chi connectivity index (χ4v) is 2.13. The summed E-state index contributed by atoms with van der Waals surface area (Å²) < 4.78 is 0. The number of rotatable bonds is 3. The van der Waals surface area contributed by atoms with Gasteiger partial charge in [0.05, 0.1) is 0 Å². The van der Waals surface area contributed by atoms with E-state index in [9.17, 15) is 0 Å². The van der Waals surface area contributed by atoms with E-state index in [1.54, 1.807) is 6.08 Å². The van der Waals surface area contributed by atoms with E-state index < -0.39 is 0 Å². The molecule has 0 atom stereocenters. The SMILES string of the molecule is C=C(/C=C\C=C/N)c1c(C)ccc2ccccc12. The zero-order valence-electron chi connectivity index (χ0n) is 10.6. The number of nitrogens with two attached hydrogens (primary N) is 1. The van der Waals surface area contributed by atoms with Crippen molar-refractivity contribution in [3.63, 3.8) is 0 Å². The van der Waals surface area contributed by atoms with Gasteiger partial charge in [0.2, 0.25) is 0 Å². The van der Waals surface area contributed by atoms with Crippen molar-refractivity contribution in [3.05, 3.63) is 78.5 Å². The Morgan fingerprint density at radius 2 is 1.89 bits per heavy atom. The molecule has 90 valence electrons. The third-order valence-corrected chi connectivity index (χ3v) is 2.98. The van der Waals surface area contributed by atoms with E-state index in [2.05, 4.69) is 49.9 Å². The van der Waals surface area contributed by atoms with Gasteiger partial charge in [0.1, 0.15) is 0 Å². The molecule has 2 N–H and O–H groups in total. The molecule has 0 aliphatic heterocycles. The minimum Gasteiger partial charge on any atom is -0.405 e. The molecule has 0 aliphatic rings. The van der Waals surface area contributed by atoms with Gasteiger partial charge in [0.15, 0.2) is 0 Å². The van der Waals surface area contributed by atoms with Gasteiger partial charge in [-0.15, -0.1) is 0 Å². The first-order chi connectivity index (χ1) is 8.74. The van der Waals surface area contributed by atoms with Gasteiger partial charge in [-0.2, -0.15) is 0 Å². The van der Waals surface area contributed by atoms with Gasteiger partial charge in [-0.3, -0.25) is 0 Å². The number of fused-ring (bicyclic) bond motifs is 1. The lowest BCUT2D eigenvalue weighted by atomic mass is 9.94. The fraction of sp³-hybridized carbons (Fsp3) is 0.0588. The Hall–Kier alpha value is -2.28. The van der Waals surface area contributed by atoms with E-state index in [0.717, 1.165) is 5.57 Å². The van der Waals surface area contributed by atoms with Crippen molar-refractivity contribution >= 4 is 16.3 Å². The highest BCUT2D eigenvalue weighted by atomic mass is 14.5. The molecule has 0 amide bonds. The van der Waals surface area contributed by atoms with Crippen LogP contribution in [0.25, 0.3) is 16.3 Å². The van der Waals surface area contributed by atoms with Crippen molar-refractivity contribution < 1.29 is 0 Å². The fourth-order valence-electron chi connectivity index (χ4n) is 2.13. The molecule has 0 heterocycles. The van der Waals surface area contributed by atoms with Gasteiger partial charge in [-0.1, -0.05) is 55.1 Å². The molecule has 0 saturated carbocycles. The maximum Gasteiger partial charge on any atom is -0.00624 e. The van der Waals surface area contributed by atoms with E-state index in [4.69, 9.17) is 5.73 Å². The number of aryl methyl sites for hydroxylation is 1. The summed E-state index contributed by atoms with van der Waals surface area (Å²) in [7, 11) is 0. The molecule has 2 rings (SSSR count). The Bertz CT molecular complexity index is 633. The quantitative estimate of drug-likeness (QED) is 0.793. The molecule has 0 unspecified atom stereocenters. The normalized spacial score (nSPS) is 11.6. The van der Waals surface area contributed by atoms with E-state index in [0.29, 0.717) is 0 Å². The lowest BCUT2D eigenvalue weighted by Gasteiger charge is -2.10. The highest BCUT2D eigenvalue weighted by molar-refractivity contribution is 5.96. The second-order valence-corrected chi connectivity index (χ2v) is 4.25. The van der Waals surface area contributed by atoms with Crippen LogP contribution in [0.15, 0.2) is 67.4 Å². The molecule has 0 saturated heterocycles. The Labute approximate surface area is 108 Å². The Kier molecular flexibility index (Phi) is 3.63. The van der Waals surface area contributed by atoms with Crippen LogP contribution in [0.4, 0.5) is 0 Å². The third kappa shape index (κ3) is 2.35. The molecule has 1 heteroatoms. The van der Waals surface area contributed by atoms with Crippen molar-refractivity contribution in [2.45, 2.75) is 6.92 Å². The first-order valence-corrected chi connectivity index (χ1v) is 5.96. The number of benzene rings is 2. The van der Waals surface area contributed by atoms with Crippen LogP contribution in [0.1, 0.15) is 11.1 Å². The standard InChI is InChI=1S/C17H17N/c1-13(7-5-6-12-18)17-14(2)10-11-15-8-3-4-9-16(15)17/h3-12H,1,18H2,2H3/b7-5-,12-6-. The van der Waals surface area contributed by atoms with Crippen LogP contribution < -0.4 is 5.73 Å². The minimum atomic E-state index is 1.00. The largest absolute Gasteiger partial charge is 0.405 e. The molecule has 2 aromatic carbocycles. The Morgan fingerprint density at radius 3 is 2.67 bits per heavy atom. The summed E-state index contributed by atoms with van der Waals surface area (Å²) in [5.74, 6) is 0. The third-order valence-electron chi connectivity index (χ3n) is 2.98. The number of hydrogen-bond donors (Lipinski definition) is 1. The predicted octanol–water partition coefficient (Wildman–Crippen LogP) is 4.19. The molecule has 0 spiro atoms. The molecular weight excluding hydrogens is 218 g/mol. The summed E-state index contributed by atoms with van der Waals surface area (Å²) in [5.41, 5.74) is 8.75. The lowest BCUT2D eigenvalue weighted by Crippen LogP contribution is -1.88. The summed E-state index contributed by atoms with van der Waals surface area (Å²) in [6, 6.07) is 12.6. The molecule has 1 nitrogen and oxygen atoms in total. The van der Waals surface area contributed by atoms with Gasteiger partial charge < -0.3 is 5.73 Å². The van der Waals surface area contributed by atoms with Gasteiger partial charge in [0.25, 0.3) is 0 Å². The van der Waals surface area contributed by atoms with Gasteiger partial charge in [-0.25, -0.2) is 0 Å². The molecule has 0 aromatic heterocycles. The summed E-state index contributed by atoms with van der Waals surface area (Å²) in [6.07, 6.45) is 7.20. The average molecular weight is 235 g/mol. The van der Waals surface area contributed by atoms with Crippen molar-refractivity contribution in [1.82, 2.24) is 0 Å². The summed E-state index contributed by atoms with van der Waals surface area (Å²) in [5, 5.41) is 2.48. The summed E-state index contributed by atoms with van der Waals surface area (Å²) >= 11 is 0. The first kappa shape index (κ1) is 12.2. The maximum absolute atomic E-state index is 5.31. The lowest BCUT2D eigenvalue weighted by molar-refractivity contribution is 1.46. The summed E-state index contributed by atoms with van der Waals surface area (Å²) in [6.45, 7) is 6.26. The molecular formula is C17H17N. The van der Waals surface area contributed by atoms with Crippen molar-refractivity contribution in [1.29, 1.82) is 0 Å². The van der Waals surface area contributed by atoms with E-state index in [-0.39, 0.29) is 0 Å². The van der Waals surface area contributed by atoms with Crippen LogP contribution >= 0.6 is 0 Å². The van der Waals surface area contributed by atoms with Gasteiger partial charge in [0, 0.05) is 0 Å². The minimum absolute atomic E-state index is 1.00. The highest BCUT2D eigenvalue weighted by Gasteiger charge is 2.05. The van der Waals surface area contributed by atoms with E-state index in [1.165, 1.54) is 28.1 Å². The average Bonchev–Trinajstić information content (AvgIpc) is 2.38. The smallest absolute Gasteiger partial charge is 0.00624 e. The molecule has 0 fully saturated rings. The van der Waals surface area contributed by atoms with E-state index in [1.807, 2.05) is 12.2 Å². The summed E-state index contributed by atoms with van der Waals surface area (Å²) in [4.78, 5) is 0. The van der Waals surface area contributed by atoms with Crippen LogP contribution in [0.5, 0.6) is 0 Å². The van der Waals surface area contributed by atoms with Crippen molar-refractivity contribution in [2.75, 3.05) is 0 Å². The monoisotopic (exact) mass is 235 g/mol. The van der Waals surface area contributed by atoms with Crippen LogP contribution in [0.3, 0.4) is 0 Å². The second kappa shape index (κ2) is 5.37. The molecule has 0 radical (unpaired) electrons.